The Morgan fingerprint density at radius 2 is 1.69 bits per heavy atom. The molecule has 0 saturated carbocycles. The lowest BCUT2D eigenvalue weighted by atomic mass is 9.94. The van der Waals surface area contributed by atoms with E-state index in [9.17, 15) is 9.18 Å². The molecule has 0 spiro atoms. The Labute approximate surface area is 193 Å². The molecule has 1 fully saturated rings. The summed E-state index contributed by atoms with van der Waals surface area (Å²) in [7, 11) is 0. The molecule has 2 aromatic carbocycles. The molecule has 4 rings (SSSR count). The highest BCUT2D eigenvalue weighted by Gasteiger charge is 2.31. The summed E-state index contributed by atoms with van der Waals surface area (Å²) in [6.45, 7) is 11.3. The van der Waals surface area contributed by atoms with Crippen molar-refractivity contribution in [1.82, 2.24) is 9.80 Å². The summed E-state index contributed by atoms with van der Waals surface area (Å²) in [6.07, 6.45) is 0. The van der Waals surface area contributed by atoms with E-state index in [1.807, 2.05) is 42.5 Å². The number of thiophene rings is 1. The van der Waals surface area contributed by atoms with Gasteiger partial charge in [0, 0.05) is 42.2 Å². The van der Waals surface area contributed by atoms with Crippen molar-refractivity contribution in [3.8, 4) is 0 Å². The highest BCUT2D eigenvalue weighted by molar-refractivity contribution is 7.16. The summed E-state index contributed by atoms with van der Waals surface area (Å²) in [5, 5.41) is 4.05. The zero-order chi connectivity index (χ0) is 22.7. The molecular weight excluding hydrogens is 421 g/mol. The van der Waals surface area contributed by atoms with Crippen molar-refractivity contribution in [2.45, 2.75) is 26.8 Å². The van der Waals surface area contributed by atoms with E-state index >= 15 is 0 Å². The number of piperazine rings is 1. The monoisotopic (exact) mass is 451 g/mol. The van der Waals surface area contributed by atoms with Crippen LogP contribution in [0.5, 0.6) is 0 Å². The Morgan fingerprint density at radius 3 is 2.31 bits per heavy atom. The van der Waals surface area contributed by atoms with Gasteiger partial charge in [0.15, 0.2) is 0 Å². The molecule has 6 heteroatoms. The van der Waals surface area contributed by atoms with Gasteiger partial charge < -0.3 is 10.2 Å². The van der Waals surface area contributed by atoms with Gasteiger partial charge in [-0.3, -0.25) is 9.69 Å². The second-order valence-corrected chi connectivity index (χ2v) is 9.50. The van der Waals surface area contributed by atoms with Gasteiger partial charge in [-0.15, -0.1) is 11.3 Å². The minimum absolute atomic E-state index is 0.0365. The maximum absolute atomic E-state index is 13.7. The van der Waals surface area contributed by atoms with Crippen LogP contribution in [0.15, 0.2) is 54.6 Å². The zero-order valence-electron chi connectivity index (χ0n) is 18.9. The summed E-state index contributed by atoms with van der Waals surface area (Å²) in [4.78, 5) is 19.1. The minimum atomic E-state index is -0.237. The number of amides is 1. The number of nitrogens with zero attached hydrogens (tertiary/aromatic N) is 2. The second kappa shape index (κ2) is 9.94. The van der Waals surface area contributed by atoms with Crippen LogP contribution in [0.3, 0.4) is 0 Å². The lowest BCUT2D eigenvalue weighted by molar-refractivity contribution is 0.102. The van der Waals surface area contributed by atoms with Crippen LogP contribution in [0.1, 0.15) is 44.9 Å². The van der Waals surface area contributed by atoms with Gasteiger partial charge in [-0.05, 0) is 55.8 Å². The standard InChI is InChI=1S/C26H30FN3OS/c1-4-29-14-16-30(17-15-29)24(20-10-12-22(27)13-11-20)23-18(2)19(3)32-26(23)28-25(31)21-8-6-5-7-9-21/h5-13,24H,4,14-17H2,1-3H3,(H,28,31)/t24-/m0/s1. The van der Waals surface area contributed by atoms with Gasteiger partial charge in [0.05, 0.1) is 6.04 Å². The fraction of sp³-hybridized carbons (Fsp3) is 0.346. The molecular formula is C26H30FN3OS. The number of carbonyl (C=O) groups is 1. The SMILES string of the molecule is CCN1CCN([C@@H](c2ccc(F)cc2)c2c(NC(=O)c3ccccc3)sc(C)c2C)CC1. The fourth-order valence-electron chi connectivity index (χ4n) is 4.37. The Bertz CT molecular complexity index is 1060. The van der Waals surface area contributed by atoms with Crippen molar-refractivity contribution >= 4 is 22.2 Å². The van der Waals surface area contributed by atoms with E-state index < -0.39 is 0 Å². The van der Waals surface area contributed by atoms with Crippen LogP contribution < -0.4 is 5.32 Å². The van der Waals surface area contributed by atoms with Crippen molar-refractivity contribution in [2.75, 3.05) is 38.0 Å². The molecule has 1 atom stereocenters. The van der Waals surface area contributed by atoms with Crippen molar-refractivity contribution in [1.29, 1.82) is 0 Å². The predicted molar refractivity (Wildman–Crippen MR) is 130 cm³/mol. The molecule has 32 heavy (non-hydrogen) atoms. The minimum Gasteiger partial charge on any atom is -0.313 e. The van der Waals surface area contributed by atoms with Gasteiger partial charge >= 0.3 is 0 Å². The first-order valence-electron chi connectivity index (χ1n) is 11.2. The lowest BCUT2D eigenvalue weighted by Gasteiger charge is -2.39. The van der Waals surface area contributed by atoms with Gasteiger partial charge in [-0.2, -0.15) is 0 Å². The highest BCUT2D eigenvalue weighted by Crippen LogP contribution is 2.42. The van der Waals surface area contributed by atoms with Gasteiger partial charge in [0.1, 0.15) is 10.8 Å². The summed E-state index contributed by atoms with van der Waals surface area (Å²) < 4.78 is 13.7. The van der Waals surface area contributed by atoms with Gasteiger partial charge in [-0.25, -0.2) is 4.39 Å². The van der Waals surface area contributed by atoms with Gasteiger partial charge in [0.2, 0.25) is 0 Å². The van der Waals surface area contributed by atoms with Crippen LogP contribution in [0.2, 0.25) is 0 Å². The molecule has 3 aromatic rings. The molecule has 4 nitrogen and oxygen atoms in total. The summed E-state index contributed by atoms with van der Waals surface area (Å²) >= 11 is 1.62. The molecule has 1 N–H and O–H groups in total. The third-order valence-corrected chi connectivity index (χ3v) is 7.51. The molecule has 0 bridgehead atoms. The van der Waals surface area contributed by atoms with E-state index in [1.165, 1.54) is 22.6 Å². The molecule has 0 radical (unpaired) electrons. The number of rotatable bonds is 6. The first-order valence-corrected chi connectivity index (χ1v) is 12.0. The summed E-state index contributed by atoms with van der Waals surface area (Å²) in [5.41, 5.74) is 3.99. The number of likely N-dealkylation sites (N-methyl/N-ethyl adjacent to an activating group) is 1. The molecule has 1 aliphatic heterocycles. The smallest absolute Gasteiger partial charge is 0.256 e. The van der Waals surface area contributed by atoms with Crippen LogP contribution >= 0.6 is 11.3 Å². The van der Waals surface area contributed by atoms with Crippen LogP contribution in [0, 0.1) is 19.7 Å². The second-order valence-electron chi connectivity index (χ2n) is 8.27. The number of carbonyl (C=O) groups excluding carboxylic acids is 1. The quantitative estimate of drug-likeness (QED) is 0.539. The van der Waals surface area contributed by atoms with Crippen molar-refractivity contribution < 1.29 is 9.18 Å². The van der Waals surface area contributed by atoms with E-state index in [4.69, 9.17) is 0 Å². The molecule has 1 amide bonds. The molecule has 2 heterocycles. The highest BCUT2D eigenvalue weighted by atomic mass is 32.1. The normalized spacial score (nSPS) is 16.1. The average molecular weight is 452 g/mol. The van der Waals surface area contributed by atoms with E-state index in [0.29, 0.717) is 5.56 Å². The summed E-state index contributed by atoms with van der Waals surface area (Å²) in [6, 6.07) is 16.1. The van der Waals surface area contributed by atoms with Crippen molar-refractivity contribution in [2.24, 2.45) is 0 Å². The number of benzene rings is 2. The fourth-order valence-corrected chi connectivity index (χ4v) is 5.46. The number of hydrogen-bond acceptors (Lipinski definition) is 4. The Hall–Kier alpha value is -2.54. The number of hydrogen-bond donors (Lipinski definition) is 1. The van der Waals surface area contributed by atoms with E-state index in [-0.39, 0.29) is 17.8 Å². The van der Waals surface area contributed by atoms with Crippen LogP contribution in [-0.4, -0.2) is 48.4 Å². The van der Waals surface area contributed by atoms with E-state index in [1.54, 1.807) is 11.3 Å². The van der Waals surface area contributed by atoms with Crippen LogP contribution in [0.4, 0.5) is 9.39 Å². The zero-order valence-corrected chi connectivity index (χ0v) is 19.7. The predicted octanol–water partition coefficient (Wildman–Crippen LogP) is 5.48. The Kier molecular flexibility index (Phi) is 7.04. The molecule has 0 aliphatic carbocycles. The topological polar surface area (TPSA) is 35.6 Å². The third kappa shape index (κ3) is 4.77. The number of halogens is 1. The number of nitrogens with one attached hydrogen (secondary N) is 1. The molecule has 1 saturated heterocycles. The summed E-state index contributed by atoms with van der Waals surface area (Å²) in [5.74, 6) is -0.346. The van der Waals surface area contributed by atoms with Gasteiger partial charge in [0.25, 0.3) is 5.91 Å². The molecule has 1 aliphatic rings. The Balaban J connectivity index is 1.73. The maximum atomic E-state index is 13.7. The van der Waals surface area contributed by atoms with Gasteiger partial charge in [-0.1, -0.05) is 37.3 Å². The van der Waals surface area contributed by atoms with Crippen molar-refractivity contribution in [3.63, 3.8) is 0 Å². The number of anilines is 1. The first kappa shape index (κ1) is 22.6. The van der Waals surface area contributed by atoms with Crippen molar-refractivity contribution in [3.05, 3.63) is 87.5 Å². The van der Waals surface area contributed by atoms with Crippen LogP contribution in [0.25, 0.3) is 0 Å². The maximum Gasteiger partial charge on any atom is 0.256 e. The van der Waals surface area contributed by atoms with Crippen LogP contribution in [-0.2, 0) is 0 Å². The lowest BCUT2D eigenvalue weighted by Crippen LogP contribution is -2.47. The van der Waals surface area contributed by atoms with E-state index in [2.05, 4.69) is 35.9 Å². The van der Waals surface area contributed by atoms with E-state index in [0.717, 1.165) is 48.9 Å². The molecule has 1 aromatic heterocycles. The largest absolute Gasteiger partial charge is 0.313 e. The average Bonchev–Trinajstić information content (AvgIpc) is 3.09. The third-order valence-electron chi connectivity index (χ3n) is 6.37. The first-order chi connectivity index (χ1) is 15.5. The number of aryl methyl sites for hydroxylation is 1. The molecule has 0 unspecified atom stereocenters. The molecule has 168 valence electrons. The Morgan fingerprint density at radius 1 is 1.03 bits per heavy atom.